The highest BCUT2D eigenvalue weighted by Crippen LogP contribution is 2.45. The molecule has 3 aromatic rings. The van der Waals surface area contributed by atoms with E-state index in [0.29, 0.717) is 10.2 Å². The third-order valence-electron chi connectivity index (χ3n) is 4.70. The number of hydrogen-bond donors (Lipinski definition) is 1. The van der Waals surface area contributed by atoms with Crippen LogP contribution in [-0.2, 0) is 10.2 Å². The van der Waals surface area contributed by atoms with Gasteiger partial charge in [-0.25, -0.2) is 0 Å². The third-order valence-corrected chi connectivity index (χ3v) is 5.84. The van der Waals surface area contributed by atoms with Gasteiger partial charge in [-0.15, -0.1) is 10.2 Å². The molecule has 2 aromatic carbocycles. The third kappa shape index (κ3) is 3.05. The molecule has 0 radical (unpaired) electrons. The summed E-state index contributed by atoms with van der Waals surface area (Å²) in [6.45, 7) is 0. The molecule has 0 saturated heterocycles. The maximum atomic E-state index is 12.9. The molecular formula is C19H16ClN3OS. The average Bonchev–Trinajstić information content (AvgIpc) is 3.05. The fraction of sp³-hybridized carbons (Fsp3) is 0.211. The Bertz CT molecular complexity index is 889. The van der Waals surface area contributed by atoms with Crippen molar-refractivity contribution in [2.45, 2.75) is 24.7 Å². The summed E-state index contributed by atoms with van der Waals surface area (Å²) in [6, 6.07) is 17.4. The lowest BCUT2D eigenvalue weighted by atomic mass is 9.64. The van der Waals surface area contributed by atoms with Crippen molar-refractivity contribution in [1.82, 2.24) is 10.2 Å². The van der Waals surface area contributed by atoms with Crippen LogP contribution in [0.3, 0.4) is 0 Å². The van der Waals surface area contributed by atoms with Gasteiger partial charge >= 0.3 is 0 Å². The lowest BCUT2D eigenvalue weighted by Crippen LogP contribution is -2.45. The molecule has 4 rings (SSSR count). The standard InChI is InChI=1S/C19H16ClN3OS/c20-15-9-7-14(8-10-15)19(11-4-12-19)17(24)21-18-23-22-16(25-18)13-5-2-1-3-6-13/h1-3,5-10H,4,11-12H2,(H,21,23,24). The number of halogens is 1. The van der Waals surface area contributed by atoms with Gasteiger partial charge in [0, 0.05) is 10.6 Å². The van der Waals surface area contributed by atoms with Crippen LogP contribution in [-0.4, -0.2) is 16.1 Å². The van der Waals surface area contributed by atoms with Gasteiger partial charge in [-0.05, 0) is 30.5 Å². The van der Waals surface area contributed by atoms with Crippen molar-refractivity contribution in [2.75, 3.05) is 5.32 Å². The number of carbonyl (C=O) groups is 1. The maximum Gasteiger partial charge on any atom is 0.236 e. The molecule has 25 heavy (non-hydrogen) atoms. The molecule has 1 amide bonds. The quantitative estimate of drug-likeness (QED) is 0.710. The summed E-state index contributed by atoms with van der Waals surface area (Å²) >= 11 is 7.36. The summed E-state index contributed by atoms with van der Waals surface area (Å²) in [5.41, 5.74) is 1.52. The molecule has 6 heteroatoms. The summed E-state index contributed by atoms with van der Waals surface area (Å²) in [6.07, 6.45) is 2.72. The van der Waals surface area contributed by atoms with Gasteiger partial charge in [0.15, 0.2) is 0 Å². The van der Waals surface area contributed by atoms with Gasteiger partial charge in [-0.2, -0.15) is 0 Å². The highest BCUT2D eigenvalue weighted by Gasteiger charge is 2.45. The van der Waals surface area contributed by atoms with E-state index in [4.69, 9.17) is 11.6 Å². The van der Waals surface area contributed by atoms with E-state index in [2.05, 4.69) is 15.5 Å². The summed E-state index contributed by atoms with van der Waals surface area (Å²) in [5.74, 6) is -0.0168. The lowest BCUT2D eigenvalue weighted by Gasteiger charge is -2.40. The van der Waals surface area contributed by atoms with Crippen molar-refractivity contribution in [1.29, 1.82) is 0 Å². The summed E-state index contributed by atoms with van der Waals surface area (Å²) in [4.78, 5) is 12.9. The van der Waals surface area contributed by atoms with Crippen molar-refractivity contribution in [3.8, 4) is 10.6 Å². The highest BCUT2D eigenvalue weighted by molar-refractivity contribution is 7.18. The number of nitrogens with one attached hydrogen (secondary N) is 1. The Morgan fingerprint density at radius 3 is 2.40 bits per heavy atom. The summed E-state index contributed by atoms with van der Waals surface area (Å²) in [7, 11) is 0. The second kappa shape index (κ2) is 6.58. The van der Waals surface area contributed by atoms with Gasteiger partial charge in [0.25, 0.3) is 0 Å². The molecule has 4 nitrogen and oxygen atoms in total. The van der Waals surface area contributed by atoms with Gasteiger partial charge in [-0.1, -0.05) is 71.8 Å². The van der Waals surface area contributed by atoms with Crippen molar-refractivity contribution < 1.29 is 4.79 Å². The molecule has 1 N–H and O–H groups in total. The number of amides is 1. The first kappa shape index (κ1) is 16.2. The predicted octanol–water partition coefficient (Wildman–Crippen LogP) is 4.92. The average molecular weight is 370 g/mol. The second-order valence-electron chi connectivity index (χ2n) is 6.18. The minimum Gasteiger partial charge on any atom is -0.300 e. The first-order chi connectivity index (χ1) is 12.2. The SMILES string of the molecule is O=C(Nc1nnc(-c2ccccc2)s1)C1(c2ccc(Cl)cc2)CCC1. The van der Waals surface area contributed by atoms with Gasteiger partial charge < -0.3 is 0 Å². The molecule has 0 spiro atoms. The zero-order valence-corrected chi connectivity index (χ0v) is 15.0. The van der Waals surface area contributed by atoms with E-state index in [1.165, 1.54) is 11.3 Å². The topological polar surface area (TPSA) is 54.9 Å². The van der Waals surface area contributed by atoms with Gasteiger partial charge in [0.05, 0.1) is 5.41 Å². The number of anilines is 1. The molecular weight excluding hydrogens is 354 g/mol. The summed E-state index contributed by atoms with van der Waals surface area (Å²) < 4.78 is 0. The van der Waals surface area contributed by atoms with Gasteiger partial charge in [0.1, 0.15) is 5.01 Å². The second-order valence-corrected chi connectivity index (χ2v) is 7.59. The van der Waals surface area contributed by atoms with E-state index >= 15 is 0 Å². The summed E-state index contributed by atoms with van der Waals surface area (Å²) in [5, 5.41) is 13.3. The fourth-order valence-corrected chi connectivity index (χ4v) is 4.00. The van der Waals surface area contributed by atoms with Crippen molar-refractivity contribution in [3.63, 3.8) is 0 Å². The molecule has 126 valence electrons. The zero-order chi connectivity index (χ0) is 17.3. The lowest BCUT2D eigenvalue weighted by molar-refractivity contribution is -0.124. The number of benzene rings is 2. The largest absolute Gasteiger partial charge is 0.300 e. The Morgan fingerprint density at radius 1 is 1.04 bits per heavy atom. The Kier molecular flexibility index (Phi) is 4.27. The van der Waals surface area contributed by atoms with Gasteiger partial charge in [-0.3, -0.25) is 10.1 Å². The van der Waals surface area contributed by atoms with Crippen LogP contribution in [0.2, 0.25) is 5.02 Å². The number of carbonyl (C=O) groups excluding carboxylic acids is 1. The molecule has 1 aromatic heterocycles. The Labute approximate surface area is 154 Å². The minimum atomic E-state index is -0.483. The molecule has 1 heterocycles. The van der Waals surface area contributed by atoms with Gasteiger partial charge in [0.2, 0.25) is 11.0 Å². The van der Waals surface area contributed by atoms with E-state index in [0.717, 1.165) is 35.4 Å². The Morgan fingerprint density at radius 2 is 1.76 bits per heavy atom. The first-order valence-corrected chi connectivity index (χ1v) is 9.33. The Hall–Kier alpha value is -2.24. The fourth-order valence-electron chi connectivity index (χ4n) is 3.13. The van der Waals surface area contributed by atoms with E-state index in [9.17, 15) is 4.79 Å². The highest BCUT2D eigenvalue weighted by atomic mass is 35.5. The minimum absolute atomic E-state index is 0.0168. The molecule has 1 saturated carbocycles. The van der Waals surface area contributed by atoms with Crippen LogP contribution in [0.15, 0.2) is 54.6 Å². The zero-order valence-electron chi connectivity index (χ0n) is 13.4. The smallest absolute Gasteiger partial charge is 0.236 e. The number of nitrogens with zero attached hydrogens (tertiary/aromatic N) is 2. The van der Waals surface area contributed by atoms with Crippen molar-refractivity contribution in [2.24, 2.45) is 0 Å². The van der Waals surface area contributed by atoms with Crippen LogP contribution in [0.5, 0.6) is 0 Å². The van der Waals surface area contributed by atoms with Crippen LogP contribution >= 0.6 is 22.9 Å². The van der Waals surface area contributed by atoms with Crippen LogP contribution in [0.25, 0.3) is 10.6 Å². The van der Waals surface area contributed by atoms with Crippen LogP contribution < -0.4 is 5.32 Å². The monoisotopic (exact) mass is 369 g/mol. The first-order valence-electron chi connectivity index (χ1n) is 8.14. The number of rotatable bonds is 4. The normalized spacial score (nSPS) is 15.4. The van der Waals surface area contributed by atoms with Crippen molar-refractivity contribution in [3.05, 3.63) is 65.2 Å². The molecule has 0 bridgehead atoms. The molecule has 0 unspecified atom stereocenters. The van der Waals surface area contributed by atoms with E-state index in [1.54, 1.807) is 0 Å². The van der Waals surface area contributed by atoms with Crippen LogP contribution in [0.1, 0.15) is 24.8 Å². The number of hydrogen-bond acceptors (Lipinski definition) is 4. The Balaban J connectivity index is 1.55. The molecule has 0 aliphatic heterocycles. The molecule has 1 fully saturated rings. The van der Waals surface area contributed by atoms with E-state index in [-0.39, 0.29) is 5.91 Å². The number of aromatic nitrogens is 2. The predicted molar refractivity (Wildman–Crippen MR) is 101 cm³/mol. The molecule has 1 aliphatic carbocycles. The van der Waals surface area contributed by atoms with Crippen molar-refractivity contribution >= 4 is 34.0 Å². The van der Waals surface area contributed by atoms with Crippen LogP contribution in [0.4, 0.5) is 5.13 Å². The van der Waals surface area contributed by atoms with E-state index in [1.807, 2.05) is 54.6 Å². The maximum absolute atomic E-state index is 12.9. The molecule has 0 atom stereocenters. The molecule has 1 aliphatic rings. The van der Waals surface area contributed by atoms with E-state index < -0.39 is 5.41 Å². The van der Waals surface area contributed by atoms with Crippen LogP contribution in [0, 0.1) is 0 Å².